The Morgan fingerprint density at radius 2 is 2.17 bits per heavy atom. The summed E-state index contributed by atoms with van der Waals surface area (Å²) in [4.78, 5) is 21.8. The molecule has 0 spiro atoms. The molecule has 2 N–H and O–H groups in total. The molecule has 0 bridgehead atoms. The predicted octanol–water partition coefficient (Wildman–Crippen LogP) is 1.81. The maximum absolute atomic E-state index is 11.5. The van der Waals surface area contributed by atoms with Gasteiger partial charge in [-0.3, -0.25) is 9.59 Å². The zero-order chi connectivity index (χ0) is 13.0. The van der Waals surface area contributed by atoms with Gasteiger partial charge in [-0.15, -0.1) is 0 Å². The Hall–Kier alpha value is -2.04. The van der Waals surface area contributed by atoms with Crippen LogP contribution in [0.4, 0.5) is 5.69 Å². The quantitative estimate of drug-likeness (QED) is 0.853. The van der Waals surface area contributed by atoms with E-state index in [4.69, 9.17) is 9.84 Å². The van der Waals surface area contributed by atoms with Gasteiger partial charge in [0, 0.05) is 12.1 Å². The number of benzene rings is 1. The Bertz CT molecular complexity index is 470. The van der Waals surface area contributed by atoms with Crippen LogP contribution in [0.15, 0.2) is 18.2 Å². The summed E-state index contributed by atoms with van der Waals surface area (Å²) < 4.78 is 5.47. The van der Waals surface area contributed by atoms with Crippen molar-refractivity contribution in [1.29, 1.82) is 0 Å². The standard InChI is InChI=1S/C13H15NO4/c15-12(5-6-13(16)17)14-10-3-4-11-9(8-10)2-1-7-18-11/h3-4,8H,1-2,5-7H2,(H,14,15)(H,16,17). The molecule has 1 aromatic carbocycles. The van der Waals surface area contributed by atoms with Crippen LogP contribution in [-0.2, 0) is 16.0 Å². The first-order valence-electron chi connectivity index (χ1n) is 5.92. The van der Waals surface area contributed by atoms with Crippen LogP contribution in [0.25, 0.3) is 0 Å². The van der Waals surface area contributed by atoms with Crippen LogP contribution in [0.3, 0.4) is 0 Å². The number of aliphatic carboxylic acids is 1. The van der Waals surface area contributed by atoms with Crippen molar-refractivity contribution in [2.75, 3.05) is 11.9 Å². The van der Waals surface area contributed by atoms with Gasteiger partial charge in [-0.1, -0.05) is 0 Å². The van der Waals surface area contributed by atoms with E-state index in [0.717, 1.165) is 30.8 Å². The van der Waals surface area contributed by atoms with Gasteiger partial charge in [-0.25, -0.2) is 0 Å². The number of rotatable bonds is 4. The summed E-state index contributed by atoms with van der Waals surface area (Å²) in [6, 6.07) is 5.48. The third-order valence-electron chi connectivity index (χ3n) is 2.76. The number of hydrogen-bond donors (Lipinski definition) is 2. The molecule has 0 aromatic heterocycles. The number of hydrogen-bond acceptors (Lipinski definition) is 3. The van der Waals surface area contributed by atoms with Crippen molar-refractivity contribution >= 4 is 17.6 Å². The van der Waals surface area contributed by atoms with E-state index in [9.17, 15) is 9.59 Å². The minimum Gasteiger partial charge on any atom is -0.493 e. The molecule has 2 rings (SSSR count). The summed E-state index contributed by atoms with van der Waals surface area (Å²) in [5.74, 6) is -0.386. The molecule has 0 aliphatic carbocycles. The Kier molecular flexibility index (Phi) is 3.82. The molecular formula is C13H15NO4. The number of nitrogens with one attached hydrogen (secondary N) is 1. The van der Waals surface area contributed by atoms with E-state index >= 15 is 0 Å². The molecule has 0 fully saturated rings. The first-order valence-corrected chi connectivity index (χ1v) is 5.92. The summed E-state index contributed by atoms with van der Waals surface area (Å²) in [6.07, 6.45) is 1.75. The van der Waals surface area contributed by atoms with Gasteiger partial charge in [0.05, 0.1) is 13.0 Å². The average molecular weight is 249 g/mol. The molecule has 5 heteroatoms. The zero-order valence-corrected chi connectivity index (χ0v) is 9.94. The third kappa shape index (κ3) is 3.23. The molecule has 96 valence electrons. The van der Waals surface area contributed by atoms with Crippen molar-refractivity contribution in [2.45, 2.75) is 25.7 Å². The summed E-state index contributed by atoms with van der Waals surface area (Å²) in [6.45, 7) is 0.733. The second-order valence-electron chi connectivity index (χ2n) is 4.22. The SMILES string of the molecule is O=C(O)CCC(=O)Nc1ccc2c(c1)CCCO2. The number of anilines is 1. The largest absolute Gasteiger partial charge is 0.493 e. The van der Waals surface area contributed by atoms with Crippen LogP contribution < -0.4 is 10.1 Å². The van der Waals surface area contributed by atoms with E-state index < -0.39 is 5.97 Å². The summed E-state index contributed by atoms with van der Waals surface area (Å²) in [7, 11) is 0. The number of ether oxygens (including phenoxy) is 1. The van der Waals surface area contributed by atoms with Crippen molar-refractivity contribution in [3.63, 3.8) is 0 Å². The number of carboxylic acid groups (broad SMARTS) is 1. The molecule has 1 aromatic rings. The maximum Gasteiger partial charge on any atom is 0.303 e. The van der Waals surface area contributed by atoms with E-state index in [1.165, 1.54) is 0 Å². The molecule has 0 saturated carbocycles. The summed E-state index contributed by atoms with van der Waals surface area (Å²) in [5.41, 5.74) is 1.77. The van der Waals surface area contributed by atoms with E-state index in [-0.39, 0.29) is 18.7 Å². The molecular weight excluding hydrogens is 234 g/mol. The number of amides is 1. The topological polar surface area (TPSA) is 75.6 Å². The molecule has 0 saturated heterocycles. The minimum absolute atomic E-state index is 0.0110. The highest BCUT2D eigenvalue weighted by Gasteiger charge is 2.12. The van der Waals surface area contributed by atoms with Gasteiger partial charge >= 0.3 is 5.97 Å². The molecule has 0 unspecified atom stereocenters. The highest BCUT2D eigenvalue weighted by atomic mass is 16.5. The number of fused-ring (bicyclic) bond motifs is 1. The van der Waals surface area contributed by atoms with Crippen LogP contribution >= 0.6 is 0 Å². The van der Waals surface area contributed by atoms with E-state index in [2.05, 4.69) is 5.32 Å². The van der Waals surface area contributed by atoms with Gasteiger partial charge in [0.15, 0.2) is 0 Å². The van der Waals surface area contributed by atoms with Crippen LogP contribution in [0.2, 0.25) is 0 Å². The number of carboxylic acids is 1. The Morgan fingerprint density at radius 1 is 1.33 bits per heavy atom. The molecule has 1 heterocycles. The van der Waals surface area contributed by atoms with E-state index in [1.807, 2.05) is 12.1 Å². The highest BCUT2D eigenvalue weighted by Crippen LogP contribution is 2.27. The van der Waals surface area contributed by atoms with Crippen molar-refractivity contribution in [3.8, 4) is 5.75 Å². The van der Waals surface area contributed by atoms with Gasteiger partial charge in [0.25, 0.3) is 0 Å². The van der Waals surface area contributed by atoms with Crippen molar-refractivity contribution in [2.24, 2.45) is 0 Å². The maximum atomic E-state index is 11.5. The normalized spacial score (nSPS) is 13.3. The molecule has 5 nitrogen and oxygen atoms in total. The molecule has 0 radical (unpaired) electrons. The van der Waals surface area contributed by atoms with Crippen molar-refractivity contribution in [1.82, 2.24) is 0 Å². The van der Waals surface area contributed by atoms with Crippen LogP contribution in [0.1, 0.15) is 24.8 Å². The fraction of sp³-hybridized carbons (Fsp3) is 0.385. The molecule has 1 aliphatic heterocycles. The van der Waals surface area contributed by atoms with Gasteiger partial charge < -0.3 is 15.2 Å². The van der Waals surface area contributed by atoms with Gasteiger partial charge in [0.2, 0.25) is 5.91 Å². The Morgan fingerprint density at radius 3 is 2.94 bits per heavy atom. The monoisotopic (exact) mass is 249 g/mol. The number of carbonyl (C=O) groups excluding carboxylic acids is 1. The molecule has 1 amide bonds. The summed E-state index contributed by atoms with van der Waals surface area (Å²) >= 11 is 0. The lowest BCUT2D eigenvalue weighted by Gasteiger charge is -2.18. The minimum atomic E-state index is -0.969. The van der Waals surface area contributed by atoms with E-state index in [0.29, 0.717) is 5.69 Å². The Balaban J connectivity index is 1.97. The lowest BCUT2D eigenvalue weighted by Crippen LogP contribution is -2.14. The van der Waals surface area contributed by atoms with Crippen LogP contribution in [0, 0.1) is 0 Å². The van der Waals surface area contributed by atoms with Gasteiger partial charge in [0.1, 0.15) is 5.75 Å². The van der Waals surface area contributed by atoms with Crippen LogP contribution in [-0.4, -0.2) is 23.6 Å². The van der Waals surface area contributed by atoms with Crippen molar-refractivity contribution < 1.29 is 19.4 Å². The average Bonchev–Trinajstić information content (AvgIpc) is 2.36. The number of carbonyl (C=O) groups is 2. The van der Waals surface area contributed by atoms with Gasteiger partial charge in [-0.05, 0) is 36.6 Å². The van der Waals surface area contributed by atoms with Gasteiger partial charge in [-0.2, -0.15) is 0 Å². The molecule has 1 aliphatic rings. The fourth-order valence-electron chi connectivity index (χ4n) is 1.88. The smallest absolute Gasteiger partial charge is 0.303 e. The number of aryl methyl sites for hydroxylation is 1. The molecule has 18 heavy (non-hydrogen) atoms. The first-order chi connectivity index (χ1) is 8.65. The summed E-state index contributed by atoms with van der Waals surface area (Å²) in [5, 5.41) is 11.2. The molecule has 0 atom stereocenters. The first kappa shape index (κ1) is 12.4. The van der Waals surface area contributed by atoms with Crippen molar-refractivity contribution in [3.05, 3.63) is 23.8 Å². The second-order valence-corrected chi connectivity index (χ2v) is 4.22. The predicted molar refractivity (Wildman–Crippen MR) is 65.8 cm³/mol. The third-order valence-corrected chi connectivity index (χ3v) is 2.76. The Labute approximate surface area is 105 Å². The van der Waals surface area contributed by atoms with E-state index in [1.54, 1.807) is 6.07 Å². The lowest BCUT2D eigenvalue weighted by atomic mass is 10.1. The van der Waals surface area contributed by atoms with Crippen LogP contribution in [0.5, 0.6) is 5.75 Å². The highest BCUT2D eigenvalue weighted by molar-refractivity contribution is 5.92. The second kappa shape index (κ2) is 5.53. The fourth-order valence-corrected chi connectivity index (χ4v) is 1.88. The lowest BCUT2D eigenvalue weighted by molar-refractivity contribution is -0.138. The zero-order valence-electron chi connectivity index (χ0n) is 9.94.